The van der Waals surface area contributed by atoms with Gasteiger partial charge in [0.1, 0.15) is 5.25 Å². The van der Waals surface area contributed by atoms with Crippen molar-refractivity contribution in [1.29, 1.82) is 0 Å². The predicted octanol–water partition coefficient (Wildman–Crippen LogP) is 5.66. The molecule has 0 aromatic carbocycles. The number of hydrogen-bond acceptors (Lipinski definition) is 3. The molecule has 4 nitrogen and oxygen atoms in total. The molecule has 0 aromatic heterocycles. The molecule has 148 valence electrons. The van der Waals surface area contributed by atoms with E-state index >= 15 is 0 Å². The third-order valence-electron chi connectivity index (χ3n) is 6.15. The van der Waals surface area contributed by atoms with Gasteiger partial charge in [-0.15, -0.1) is 0 Å². The lowest BCUT2D eigenvalue weighted by atomic mass is 9.80. The highest BCUT2D eigenvalue weighted by Crippen LogP contribution is 2.39. The average molecular weight is 375 g/mol. The van der Waals surface area contributed by atoms with Gasteiger partial charge in [-0.2, -0.15) is 8.42 Å². The molecule has 1 heterocycles. The van der Waals surface area contributed by atoms with E-state index in [1.54, 1.807) is 0 Å². The van der Waals surface area contributed by atoms with Crippen LogP contribution in [0.2, 0.25) is 0 Å². The number of hydrogen-bond donors (Lipinski definition) is 1. The second-order valence-electron chi connectivity index (χ2n) is 8.16. The van der Waals surface area contributed by atoms with Crippen molar-refractivity contribution >= 4 is 10.1 Å². The molecule has 2 fully saturated rings. The lowest BCUT2D eigenvalue weighted by Gasteiger charge is -2.42. The van der Waals surface area contributed by atoms with E-state index in [4.69, 9.17) is 4.74 Å². The monoisotopic (exact) mass is 374 g/mol. The van der Waals surface area contributed by atoms with Crippen LogP contribution < -0.4 is 0 Å². The molecule has 1 atom stereocenters. The van der Waals surface area contributed by atoms with Gasteiger partial charge in [-0.3, -0.25) is 4.55 Å². The van der Waals surface area contributed by atoms with E-state index in [-0.39, 0.29) is 0 Å². The first-order valence-electron chi connectivity index (χ1n) is 10.6. The Labute approximate surface area is 154 Å². The van der Waals surface area contributed by atoms with Crippen LogP contribution in [-0.2, 0) is 14.9 Å². The molecule has 1 saturated carbocycles. The highest BCUT2D eigenvalue weighted by Gasteiger charge is 2.46. The van der Waals surface area contributed by atoms with Gasteiger partial charge in [-0.05, 0) is 25.7 Å². The number of rotatable bonds is 1. The van der Waals surface area contributed by atoms with Crippen molar-refractivity contribution in [2.24, 2.45) is 0 Å². The summed E-state index contributed by atoms with van der Waals surface area (Å²) in [5.41, 5.74) is -0.650. The second kappa shape index (κ2) is 10.9. The van der Waals surface area contributed by atoms with Crippen molar-refractivity contribution in [1.82, 2.24) is 0 Å². The molecular formula is C20H38O4S. The standard InChI is InChI=1S/C20H38O4S/c21-25(22,23)19-15-11-8-6-4-2-1-3-5-7-9-14-18-24-20(19)16-12-10-13-17-20/h19H,1-18H2,(H,21,22,23). The lowest BCUT2D eigenvalue weighted by Crippen LogP contribution is -2.50. The van der Waals surface area contributed by atoms with E-state index in [1.807, 2.05) is 0 Å². The summed E-state index contributed by atoms with van der Waals surface area (Å²) in [7, 11) is -4.08. The zero-order valence-electron chi connectivity index (χ0n) is 15.9. The van der Waals surface area contributed by atoms with Gasteiger partial charge in [-0.25, -0.2) is 0 Å². The van der Waals surface area contributed by atoms with Crippen molar-refractivity contribution in [3.63, 3.8) is 0 Å². The highest BCUT2D eigenvalue weighted by molar-refractivity contribution is 7.86. The number of ether oxygens (including phenoxy) is 1. The van der Waals surface area contributed by atoms with Crippen LogP contribution in [0.1, 0.15) is 109 Å². The van der Waals surface area contributed by atoms with E-state index < -0.39 is 21.0 Å². The van der Waals surface area contributed by atoms with E-state index in [0.717, 1.165) is 57.8 Å². The lowest BCUT2D eigenvalue weighted by molar-refractivity contribution is -0.0764. The molecule has 1 aliphatic heterocycles. The van der Waals surface area contributed by atoms with Crippen LogP contribution in [0.25, 0.3) is 0 Å². The third-order valence-corrected chi connectivity index (χ3v) is 7.53. The Bertz CT molecular complexity index is 454. The van der Waals surface area contributed by atoms with E-state index in [2.05, 4.69) is 0 Å². The van der Waals surface area contributed by atoms with Crippen LogP contribution in [0, 0.1) is 0 Å². The van der Waals surface area contributed by atoms with Crippen LogP contribution in [0.5, 0.6) is 0 Å². The molecule has 0 bridgehead atoms. The van der Waals surface area contributed by atoms with Crippen molar-refractivity contribution in [3.05, 3.63) is 0 Å². The summed E-state index contributed by atoms with van der Waals surface area (Å²) in [4.78, 5) is 0. The fraction of sp³-hybridized carbons (Fsp3) is 1.00. The highest BCUT2D eigenvalue weighted by atomic mass is 32.2. The molecule has 2 aliphatic rings. The van der Waals surface area contributed by atoms with Crippen LogP contribution in [0.15, 0.2) is 0 Å². The Hall–Kier alpha value is -0.130. The van der Waals surface area contributed by atoms with Gasteiger partial charge in [0.15, 0.2) is 0 Å². The van der Waals surface area contributed by atoms with E-state index in [0.29, 0.717) is 13.0 Å². The summed E-state index contributed by atoms with van der Waals surface area (Å²) < 4.78 is 40.6. The summed E-state index contributed by atoms with van der Waals surface area (Å²) >= 11 is 0. The normalized spacial score (nSPS) is 28.6. The zero-order chi connectivity index (χ0) is 18.0. The van der Waals surface area contributed by atoms with Gasteiger partial charge in [0.2, 0.25) is 0 Å². The first-order chi connectivity index (χ1) is 12.0. The molecule has 2 rings (SSSR count). The summed E-state index contributed by atoms with van der Waals surface area (Å²) in [6.45, 7) is 0.631. The molecule has 0 aromatic rings. The fourth-order valence-electron chi connectivity index (χ4n) is 4.69. The van der Waals surface area contributed by atoms with Crippen molar-refractivity contribution in [2.45, 2.75) is 120 Å². The molecule has 5 heteroatoms. The van der Waals surface area contributed by atoms with Crippen LogP contribution in [-0.4, -0.2) is 30.4 Å². The molecule has 1 spiro atoms. The quantitative estimate of drug-likeness (QED) is 0.602. The smallest absolute Gasteiger partial charge is 0.270 e. The van der Waals surface area contributed by atoms with Crippen LogP contribution in [0.3, 0.4) is 0 Å². The van der Waals surface area contributed by atoms with Crippen molar-refractivity contribution < 1.29 is 17.7 Å². The summed E-state index contributed by atoms with van der Waals surface area (Å²) in [5, 5.41) is -0.742. The molecular weight excluding hydrogens is 336 g/mol. The Morgan fingerprint density at radius 3 is 1.64 bits per heavy atom. The fourth-order valence-corrected chi connectivity index (χ4v) is 6.00. The maximum absolute atomic E-state index is 12.2. The van der Waals surface area contributed by atoms with E-state index in [9.17, 15) is 13.0 Å². The van der Waals surface area contributed by atoms with Crippen LogP contribution in [0.4, 0.5) is 0 Å². The molecule has 0 amide bonds. The van der Waals surface area contributed by atoms with Crippen LogP contribution >= 0.6 is 0 Å². The van der Waals surface area contributed by atoms with E-state index in [1.165, 1.54) is 44.9 Å². The van der Waals surface area contributed by atoms with Crippen molar-refractivity contribution in [2.75, 3.05) is 6.61 Å². The van der Waals surface area contributed by atoms with Gasteiger partial charge in [0.25, 0.3) is 10.1 Å². The van der Waals surface area contributed by atoms with Gasteiger partial charge < -0.3 is 4.74 Å². The summed E-state index contributed by atoms with van der Waals surface area (Å²) in [5.74, 6) is 0. The Kier molecular flexibility index (Phi) is 9.22. The minimum atomic E-state index is -4.08. The summed E-state index contributed by atoms with van der Waals surface area (Å²) in [6, 6.07) is 0. The molecule has 0 radical (unpaired) electrons. The Morgan fingerprint density at radius 1 is 0.680 bits per heavy atom. The topological polar surface area (TPSA) is 63.6 Å². The minimum Gasteiger partial charge on any atom is -0.374 e. The maximum atomic E-state index is 12.2. The van der Waals surface area contributed by atoms with Gasteiger partial charge in [-0.1, -0.05) is 83.5 Å². The molecule has 25 heavy (non-hydrogen) atoms. The Balaban J connectivity index is 2.06. The molecule has 1 saturated heterocycles. The first-order valence-corrected chi connectivity index (χ1v) is 12.2. The molecule has 1 N–H and O–H groups in total. The summed E-state index contributed by atoms with van der Waals surface area (Å²) in [6.07, 6.45) is 18.3. The second-order valence-corrected chi connectivity index (χ2v) is 9.75. The maximum Gasteiger partial charge on any atom is 0.270 e. The van der Waals surface area contributed by atoms with Crippen molar-refractivity contribution in [3.8, 4) is 0 Å². The molecule has 1 unspecified atom stereocenters. The first kappa shape index (κ1) is 21.2. The largest absolute Gasteiger partial charge is 0.374 e. The SMILES string of the molecule is O=S(=O)(O)C1CCCCCCCCCCCCCOC12CCCCC2. The third kappa shape index (κ3) is 7.18. The van der Waals surface area contributed by atoms with Gasteiger partial charge in [0.05, 0.1) is 5.60 Å². The average Bonchev–Trinajstić information content (AvgIpc) is 2.57. The van der Waals surface area contributed by atoms with Gasteiger partial charge in [0, 0.05) is 6.61 Å². The predicted molar refractivity (Wildman–Crippen MR) is 103 cm³/mol. The Morgan fingerprint density at radius 2 is 1.12 bits per heavy atom. The van der Waals surface area contributed by atoms with Gasteiger partial charge >= 0.3 is 0 Å². The zero-order valence-corrected chi connectivity index (χ0v) is 16.7. The minimum absolute atomic E-state index is 0.541. The molecule has 1 aliphatic carbocycles.